The van der Waals surface area contributed by atoms with Crippen LogP contribution in [0.15, 0.2) is 48.5 Å². The fourth-order valence-electron chi connectivity index (χ4n) is 2.10. The third-order valence-corrected chi connectivity index (χ3v) is 3.45. The van der Waals surface area contributed by atoms with Crippen molar-refractivity contribution in [2.75, 3.05) is 19.0 Å². The molecule has 0 aliphatic heterocycles. The first kappa shape index (κ1) is 16.5. The van der Waals surface area contributed by atoms with Gasteiger partial charge in [-0.3, -0.25) is 14.9 Å². The number of rotatable bonds is 6. The fraction of sp³-hybridized carbons (Fsp3) is 0.235. The molecule has 0 fully saturated rings. The average molecular weight is 313 g/mol. The summed E-state index contributed by atoms with van der Waals surface area (Å²) in [5, 5.41) is 13.4. The van der Waals surface area contributed by atoms with Crippen molar-refractivity contribution in [3.8, 4) is 0 Å². The first-order valence-electron chi connectivity index (χ1n) is 7.22. The molecule has 2 rings (SSSR count). The molecule has 0 saturated heterocycles. The zero-order valence-corrected chi connectivity index (χ0v) is 13.2. The summed E-state index contributed by atoms with van der Waals surface area (Å²) in [4.78, 5) is 24.1. The summed E-state index contributed by atoms with van der Waals surface area (Å²) in [5.74, 6) is -0.115. The monoisotopic (exact) mass is 313 g/mol. The molecule has 0 aromatic heterocycles. The molecule has 2 aromatic carbocycles. The molecule has 1 N–H and O–H groups in total. The van der Waals surface area contributed by atoms with Crippen molar-refractivity contribution in [3.05, 3.63) is 69.8 Å². The van der Waals surface area contributed by atoms with Crippen LogP contribution in [0.3, 0.4) is 0 Å². The van der Waals surface area contributed by atoms with Crippen molar-refractivity contribution < 1.29 is 9.72 Å². The number of anilines is 1. The van der Waals surface area contributed by atoms with Crippen LogP contribution >= 0.6 is 0 Å². The Bertz CT molecular complexity index is 679. The van der Waals surface area contributed by atoms with Crippen molar-refractivity contribution in [1.29, 1.82) is 0 Å². The molecule has 120 valence electrons. The third kappa shape index (κ3) is 4.81. The number of nitro benzene ring substituents is 1. The van der Waals surface area contributed by atoms with Crippen LogP contribution in [0.1, 0.15) is 11.1 Å². The van der Waals surface area contributed by atoms with E-state index in [1.165, 1.54) is 12.1 Å². The fourth-order valence-corrected chi connectivity index (χ4v) is 2.10. The number of nitrogens with one attached hydrogen (secondary N) is 1. The maximum atomic E-state index is 11.9. The van der Waals surface area contributed by atoms with E-state index in [1.54, 1.807) is 12.1 Å². The van der Waals surface area contributed by atoms with E-state index in [0.29, 0.717) is 6.54 Å². The number of nitrogens with zero attached hydrogens (tertiary/aromatic N) is 2. The lowest BCUT2D eigenvalue weighted by molar-refractivity contribution is -0.384. The minimum atomic E-state index is -0.457. The summed E-state index contributed by atoms with van der Waals surface area (Å²) in [5.41, 5.74) is 2.89. The van der Waals surface area contributed by atoms with E-state index in [1.807, 2.05) is 43.3 Å². The predicted octanol–water partition coefficient (Wildman–Crippen LogP) is 2.52. The second kappa shape index (κ2) is 7.40. The molecule has 0 aliphatic carbocycles. The van der Waals surface area contributed by atoms with Gasteiger partial charge in [0.05, 0.1) is 11.3 Å². The van der Waals surface area contributed by atoms with Crippen molar-refractivity contribution in [1.82, 2.24) is 5.32 Å². The molecule has 2 aromatic rings. The molecular weight excluding hydrogens is 294 g/mol. The molecule has 0 bridgehead atoms. The topological polar surface area (TPSA) is 75.5 Å². The lowest BCUT2D eigenvalue weighted by Crippen LogP contribution is -2.24. The molecule has 0 atom stereocenters. The van der Waals surface area contributed by atoms with E-state index in [9.17, 15) is 14.9 Å². The van der Waals surface area contributed by atoms with Crippen LogP contribution in [0.2, 0.25) is 0 Å². The van der Waals surface area contributed by atoms with Crippen molar-refractivity contribution in [3.63, 3.8) is 0 Å². The zero-order valence-electron chi connectivity index (χ0n) is 13.2. The lowest BCUT2D eigenvalue weighted by Gasteiger charge is -2.13. The van der Waals surface area contributed by atoms with Crippen molar-refractivity contribution in [2.24, 2.45) is 0 Å². The number of carbonyl (C=O) groups excluding carboxylic acids is 1. The number of non-ortho nitro benzene ring substituents is 1. The van der Waals surface area contributed by atoms with Gasteiger partial charge in [0, 0.05) is 38.5 Å². The van der Waals surface area contributed by atoms with Gasteiger partial charge in [-0.25, -0.2) is 0 Å². The van der Waals surface area contributed by atoms with Crippen LogP contribution in [0.5, 0.6) is 0 Å². The molecular formula is C17H19N3O3. The molecule has 0 spiro atoms. The maximum Gasteiger partial charge on any atom is 0.269 e. The summed E-state index contributed by atoms with van der Waals surface area (Å²) in [6, 6.07) is 14.0. The van der Waals surface area contributed by atoms with Crippen LogP contribution in [0.25, 0.3) is 0 Å². The van der Waals surface area contributed by atoms with E-state index in [-0.39, 0.29) is 18.0 Å². The standard InChI is InChI=1S/C17H19N3O3/c1-19(2)15-7-5-14(6-8-15)12-18-17(21)11-13-3-9-16(10-4-13)20(22)23/h3-10H,11-12H2,1-2H3,(H,18,21). The Morgan fingerprint density at radius 2 is 1.61 bits per heavy atom. The Hall–Kier alpha value is -2.89. The highest BCUT2D eigenvalue weighted by atomic mass is 16.6. The summed E-state index contributed by atoms with van der Waals surface area (Å²) in [6.45, 7) is 0.458. The SMILES string of the molecule is CN(C)c1ccc(CNC(=O)Cc2ccc([N+](=O)[O-])cc2)cc1. The Labute approximate surface area is 134 Å². The molecule has 0 saturated carbocycles. The molecule has 0 heterocycles. The molecule has 6 heteroatoms. The molecule has 1 amide bonds. The van der Waals surface area contributed by atoms with Crippen molar-refractivity contribution >= 4 is 17.3 Å². The van der Waals surface area contributed by atoms with Gasteiger partial charge in [0.2, 0.25) is 5.91 Å². The van der Waals surface area contributed by atoms with Gasteiger partial charge in [0.25, 0.3) is 5.69 Å². The molecule has 0 unspecified atom stereocenters. The van der Waals surface area contributed by atoms with Gasteiger partial charge in [-0.1, -0.05) is 24.3 Å². The van der Waals surface area contributed by atoms with Gasteiger partial charge in [0.15, 0.2) is 0 Å². The minimum Gasteiger partial charge on any atom is -0.378 e. The normalized spacial score (nSPS) is 10.2. The Morgan fingerprint density at radius 1 is 1.04 bits per heavy atom. The van der Waals surface area contributed by atoms with Gasteiger partial charge in [-0.15, -0.1) is 0 Å². The summed E-state index contributed by atoms with van der Waals surface area (Å²) in [6.07, 6.45) is 0.202. The maximum absolute atomic E-state index is 11.9. The van der Waals surface area contributed by atoms with Crippen molar-refractivity contribution in [2.45, 2.75) is 13.0 Å². The number of benzene rings is 2. The largest absolute Gasteiger partial charge is 0.378 e. The number of amides is 1. The number of nitro groups is 1. The second-order valence-electron chi connectivity index (χ2n) is 5.44. The molecule has 6 nitrogen and oxygen atoms in total. The van der Waals surface area contributed by atoms with Gasteiger partial charge in [-0.2, -0.15) is 0 Å². The molecule has 0 aliphatic rings. The predicted molar refractivity (Wildman–Crippen MR) is 89.4 cm³/mol. The highest BCUT2D eigenvalue weighted by molar-refractivity contribution is 5.78. The van der Waals surface area contributed by atoms with E-state index in [0.717, 1.165) is 16.8 Å². The van der Waals surface area contributed by atoms with Crippen LogP contribution in [0.4, 0.5) is 11.4 Å². The first-order valence-corrected chi connectivity index (χ1v) is 7.22. The van der Waals surface area contributed by atoms with E-state index in [2.05, 4.69) is 5.32 Å². The Balaban J connectivity index is 1.86. The van der Waals surface area contributed by atoms with E-state index in [4.69, 9.17) is 0 Å². The Kier molecular flexibility index (Phi) is 5.30. The summed E-state index contributed by atoms with van der Waals surface area (Å²) in [7, 11) is 3.95. The van der Waals surface area contributed by atoms with Gasteiger partial charge >= 0.3 is 0 Å². The third-order valence-electron chi connectivity index (χ3n) is 3.45. The van der Waals surface area contributed by atoms with Gasteiger partial charge < -0.3 is 10.2 Å². The average Bonchev–Trinajstić information content (AvgIpc) is 2.54. The smallest absolute Gasteiger partial charge is 0.269 e. The number of carbonyl (C=O) groups is 1. The zero-order chi connectivity index (χ0) is 16.8. The van der Waals surface area contributed by atoms with Crippen LogP contribution in [-0.4, -0.2) is 24.9 Å². The lowest BCUT2D eigenvalue weighted by atomic mass is 10.1. The summed E-state index contributed by atoms with van der Waals surface area (Å²) >= 11 is 0. The second-order valence-corrected chi connectivity index (χ2v) is 5.44. The molecule has 0 radical (unpaired) electrons. The first-order chi connectivity index (χ1) is 11.0. The minimum absolute atomic E-state index is 0.0233. The quantitative estimate of drug-likeness (QED) is 0.657. The molecule has 23 heavy (non-hydrogen) atoms. The van der Waals surface area contributed by atoms with Gasteiger partial charge in [-0.05, 0) is 23.3 Å². The van der Waals surface area contributed by atoms with Crippen LogP contribution in [-0.2, 0) is 17.8 Å². The van der Waals surface area contributed by atoms with Crippen LogP contribution < -0.4 is 10.2 Å². The highest BCUT2D eigenvalue weighted by Gasteiger charge is 2.07. The number of hydrogen-bond donors (Lipinski definition) is 1. The summed E-state index contributed by atoms with van der Waals surface area (Å²) < 4.78 is 0. The Morgan fingerprint density at radius 3 is 2.13 bits per heavy atom. The van der Waals surface area contributed by atoms with Gasteiger partial charge in [0.1, 0.15) is 0 Å². The number of hydrogen-bond acceptors (Lipinski definition) is 4. The van der Waals surface area contributed by atoms with E-state index >= 15 is 0 Å². The van der Waals surface area contributed by atoms with Crippen LogP contribution in [0, 0.1) is 10.1 Å². The highest BCUT2D eigenvalue weighted by Crippen LogP contribution is 2.13. The van der Waals surface area contributed by atoms with E-state index < -0.39 is 4.92 Å².